The monoisotopic (exact) mass is 269 g/mol. The predicted molar refractivity (Wildman–Crippen MR) is 56.8 cm³/mol. The Balaban J connectivity index is 3.14. The molecule has 0 saturated heterocycles. The first kappa shape index (κ1) is 11.5. The van der Waals surface area contributed by atoms with Gasteiger partial charge in [0.2, 0.25) is 0 Å². The van der Waals surface area contributed by atoms with Gasteiger partial charge in [0.1, 0.15) is 17.4 Å². The molecule has 1 N–H and O–H groups in total. The standard InChI is InChI=1S/C10H8BrNO3/c1-6(5-12)15-9-7(10(13)14)3-2-4-8(9)11/h2-4,6H,1H3,(H,13,14). The average Bonchev–Trinajstić information content (AvgIpc) is 2.20. The third kappa shape index (κ3) is 2.70. The Kier molecular flexibility index (Phi) is 3.69. The summed E-state index contributed by atoms with van der Waals surface area (Å²) in [7, 11) is 0. The molecule has 0 amide bonds. The van der Waals surface area contributed by atoms with Gasteiger partial charge in [0.15, 0.2) is 6.10 Å². The van der Waals surface area contributed by atoms with Crippen LogP contribution in [0.3, 0.4) is 0 Å². The Morgan fingerprint density at radius 1 is 1.67 bits per heavy atom. The topological polar surface area (TPSA) is 70.3 Å². The first-order valence-corrected chi connectivity index (χ1v) is 4.93. The Labute approximate surface area is 95.2 Å². The number of aromatic carboxylic acids is 1. The van der Waals surface area contributed by atoms with Gasteiger partial charge in [0.05, 0.1) is 4.47 Å². The van der Waals surface area contributed by atoms with Crippen LogP contribution in [0.5, 0.6) is 5.75 Å². The first-order chi connectivity index (χ1) is 7.06. The van der Waals surface area contributed by atoms with Crippen molar-refractivity contribution in [3.8, 4) is 11.8 Å². The third-order valence-electron chi connectivity index (χ3n) is 1.67. The lowest BCUT2D eigenvalue weighted by atomic mass is 10.2. The van der Waals surface area contributed by atoms with Crippen molar-refractivity contribution in [1.82, 2.24) is 0 Å². The van der Waals surface area contributed by atoms with Crippen LogP contribution in [-0.4, -0.2) is 17.2 Å². The molecule has 4 nitrogen and oxygen atoms in total. The molecule has 1 unspecified atom stereocenters. The zero-order valence-corrected chi connectivity index (χ0v) is 9.48. The number of rotatable bonds is 3. The smallest absolute Gasteiger partial charge is 0.339 e. The number of nitrogens with zero attached hydrogens (tertiary/aromatic N) is 1. The van der Waals surface area contributed by atoms with Gasteiger partial charge in [0, 0.05) is 0 Å². The number of hydrogen-bond donors (Lipinski definition) is 1. The number of carbonyl (C=O) groups is 1. The van der Waals surface area contributed by atoms with Gasteiger partial charge >= 0.3 is 5.97 Å². The number of carboxylic acids is 1. The van der Waals surface area contributed by atoms with Crippen LogP contribution in [-0.2, 0) is 0 Å². The second-order valence-corrected chi connectivity index (χ2v) is 3.67. The van der Waals surface area contributed by atoms with Crippen LogP contribution in [0.25, 0.3) is 0 Å². The maximum absolute atomic E-state index is 10.9. The molecule has 0 fully saturated rings. The van der Waals surface area contributed by atoms with Crippen LogP contribution in [0.2, 0.25) is 0 Å². The highest BCUT2D eigenvalue weighted by Gasteiger charge is 2.16. The van der Waals surface area contributed by atoms with Gasteiger partial charge in [0.25, 0.3) is 0 Å². The van der Waals surface area contributed by atoms with Crippen LogP contribution < -0.4 is 4.74 Å². The van der Waals surface area contributed by atoms with Crippen LogP contribution in [0.15, 0.2) is 22.7 Å². The molecule has 0 aliphatic heterocycles. The minimum atomic E-state index is -1.09. The molecule has 1 rings (SSSR count). The van der Waals surface area contributed by atoms with Gasteiger partial charge in [-0.15, -0.1) is 0 Å². The van der Waals surface area contributed by atoms with Crippen molar-refractivity contribution >= 4 is 21.9 Å². The van der Waals surface area contributed by atoms with Crippen LogP contribution in [0, 0.1) is 11.3 Å². The van der Waals surface area contributed by atoms with Crippen molar-refractivity contribution in [2.75, 3.05) is 0 Å². The van der Waals surface area contributed by atoms with Crippen molar-refractivity contribution < 1.29 is 14.6 Å². The molecule has 0 aromatic heterocycles. The maximum Gasteiger partial charge on any atom is 0.339 e. The molecule has 0 aliphatic rings. The van der Waals surface area contributed by atoms with Crippen molar-refractivity contribution in [1.29, 1.82) is 5.26 Å². The van der Waals surface area contributed by atoms with Gasteiger partial charge in [-0.05, 0) is 35.0 Å². The quantitative estimate of drug-likeness (QED) is 0.915. The fourth-order valence-corrected chi connectivity index (χ4v) is 1.46. The molecule has 0 saturated carbocycles. The van der Waals surface area contributed by atoms with E-state index in [1.54, 1.807) is 19.1 Å². The Bertz CT molecular complexity index is 425. The molecular formula is C10H8BrNO3. The summed E-state index contributed by atoms with van der Waals surface area (Å²) < 4.78 is 5.72. The Morgan fingerprint density at radius 3 is 2.87 bits per heavy atom. The van der Waals surface area contributed by atoms with E-state index in [1.807, 2.05) is 6.07 Å². The minimum absolute atomic E-state index is 0.0338. The molecule has 0 aliphatic carbocycles. The number of halogens is 1. The number of para-hydroxylation sites is 1. The second kappa shape index (κ2) is 4.80. The summed E-state index contributed by atoms with van der Waals surface area (Å²) in [6.45, 7) is 1.55. The molecule has 1 atom stereocenters. The third-order valence-corrected chi connectivity index (χ3v) is 2.30. The highest BCUT2D eigenvalue weighted by Crippen LogP contribution is 2.29. The minimum Gasteiger partial charge on any atom is -0.478 e. The first-order valence-electron chi connectivity index (χ1n) is 4.14. The second-order valence-electron chi connectivity index (χ2n) is 2.81. The summed E-state index contributed by atoms with van der Waals surface area (Å²) in [5.74, 6) is -0.907. The summed E-state index contributed by atoms with van der Waals surface area (Å²) in [5, 5.41) is 17.5. The van der Waals surface area contributed by atoms with Gasteiger partial charge in [-0.2, -0.15) is 5.26 Å². The van der Waals surface area contributed by atoms with Crippen molar-refractivity contribution in [2.24, 2.45) is 0 Å². The van der Waals surface area contributed by atoms with Crippen molar-refractivity contribution in [3.05, 3.63) is 28.2 Å². The average molecular weight is 270 g/mol. The lowest BCUT2D eigenvalue weighted by Crippen LogP contribution is -2.12. The Hall–Kier alpha value is -1.54. The number of ether oxygens (including phenoxy) is 1. The van der Waals surface area contributed by atoms with Crippen LogP contribution >= 0.6 is 15.9 Å². The summed E-state index contributed by atoms with van der Waals surface area (Å²) in [5.41, 5.74) is 0.0338. The van der Waals surface area contributed by atoms with E-state index in [2.05, 4.69) is 15.9 Å². The molecule has 78 valence electrons. The number of benzene rings is 1. The van der Waals surface area contributed by atoms with E-state index in [0.717, 1.165) is 0 Å². The van der Waals surface area contributed by atoms with E-state index < -0.39 is 12.1 Å². The summed E-state index contributed by atoms with van der Waals surface area (Å²) in [6.07, 6.45) is -0.693. The SMILES string of the molecule is CC(C#N)Oc1c(Br)cccc1C(=O)O. The van der Waals surface area contributed by atoms with Crippen LogP contribution in [0.4, 0.5) is 0 Å². The largest absolute Gasteiger partial charge is 0.478 e. The molecule has 15 heavy (non-hydrogen) atoms. The van der Waals surface area contributed by atoms with Gasteiger partial charge in [-0.3, -0.25) is 0 Å². The summed E-state index contributed by atoms with van der Waals surface area (Å²) in [4.78, 5) is 10.9. The Morgan fingerprint density at radius 2 is 2.33 bits per heavy atom. The zero-order chi connectivity index (χ0) is 11.4. The van der Waals surface area contributed by atoms with E-state index >= 15 is 0 Å². The normalized spacial score (nSPS) is 11.5. The van der Waals surface area contributed by atoms with E-state index in [9.17, 15) is 4.79 Å². The summed E-state index contributed by atoms with van der Waals surface area (Å²) in [6, 6.07) is 6.55. The lowest BCUT2D eigenvalue weighted by molar-refractivity contribution is 0.0691. The maximum atomic E-state index is 10.9. The highest BCUT2D eigenvalue weighted by atomic mass is 79.9. The fourth-order valence-electron chi connectivity index (χ4n) is 1.00. The number of nitriles is 1. The molecule has 0 heterocycles. The fraction of sp³-hybridized carbons (Fsp3) is 0.200. The molecule has 0 spiro atoms. The zero-order valence-electron chi connectivity index (χ0n) is 7.90. The van der Waals surface area contributed by atoms with Gasteiger partial charge in [-0.1, -0.05) is 6.07 Å². The molecular weight excluding hydrogens is 262 g/mol. The molecule has 1 aromatic rings. The van der Waals surface area contributed by atoms with Crippen molar-refractivity contribution in [3.63, 3.8) is 0 Å². The highest BCUT2D eigenvalue weighted by molar-refractivity contribution is 9.10. The molecule has 0 radical (unpaired) electrons. The van der Waals surface area contributed by atoms with Crippen LogP contribution in [0.1, 0.15) is 17.3 Å². The summed E-state index contributed by atoms with van der Waals surface area (Å²) >= 11 is 3.18. The molecule has 1 aromatic carbocycles. The van der Waals surface area contributed by atoms with E-state index in [0.29, 0.717) is 4.47 Å². The van der Waals surface area contributed by atoms with E-state index in [-0.39, 0.29) is 11.3 Å². The lowest BCUT2D eigenvalue weighted by Gasteiger charge is -2.11. The predicted octanol–water partition coefficient (Wildman–Crippen LogP) is 2.44. The number of hydrogen-bond acceptors (Lipinski definition) is 3. The van der Waals surface area contributed by atoms with Gasteiger partial charge < -0.3 is 9.84 Å². The molecule has 0 bridgehead atoms. The molecule has 5 heteroatoms. The number of carboxylic acid groups (broad SMARTS) is 1. The van der Waals surface area contributed by atoms with E-state index in [4.69, 9.17) is 15.1 Å². The van der Waals surface area contributed by atoms with E-state index in [1.165, 1.54) is 6.07 Å². The van der Waals surface area contributed by atoms with Gasteiger partial charge in [-0.25, -0.2) is 4.79 Å². The van der Waals surface area contributed by atoms with Crippen molar-refractivity contribution in [2.45, 2.75) is 13.0 Å².